The van der Waals surface area contributed by atoms with Gasteiger partial charge in [-0.05, 0) is 43.5 Å². The maximum absolute atomic E-state index is 12.6. The fraction of sp³-hybridized carbons (Fsp3) is 0.412. The molecular weight excluding hydrogens is 280 g/mol. The van der Waals surface area contributed by atoms with Gasteiger partial charge in [0.15, 0.2) is 6.23 Å². The molecule has 5 nitrogen and oxygen atoms in total. The summed E-state index contributed by atoms with van der Waals surface area (Å²) in [7, 11) is 1.59. The lowest BCUT2D eigenvalue weighted by Crippen LogP contribution is -2.30. The third-order valence-electron chi connectivity index (χ3n) is 3.82. The van der Waals surface area contributed by atoms with Crippen LogP contribution in [0.4, 0.5) is 0 Å². The van der Waals surface area contributed by atoms with E-state index in [0.29, 0.717) is 5.56 Å². The van der Waals surface area contributed by atoms with Crippen LogP contribution in [0.1, 0.15) is 37.1 Å². The summed E-state index contributed by atoms with van der Waals surface area (Å²) in [5, 5.41) is 13.8. The molecule has 1 N–H and O–H groups in total. The van der Waals surface area contributed by atoms with Crippen molar-refractivity contribution in [3.05, 3.63) is 45.9 Å². The van der Waals surface area contributed by atoms with Gasteiger partial charge >= 0.3 is 0 Å². The zero-order chi connectivity index (χ0) is 16.3. The molecule has 0 amide bonds. The number of aryl methyl sites for hydroxylation is 1. The monoisotopic (exact) mass is 302 g/mol. The highest BCUT2D eigenvalue weighted by Crippen LogP contribution is 2.27. The summed E-state index contributed by atoms with van der Waals surface area (Å²) in [6.07, 6.45) is 2.99. The minimum Gasteiger partial charge on any atom is -0.508 e. The van der Waals surface area contributed by atoms with Crippen LogP contribution in [-0.4, -0.2) is 22.0 Å². The molecule has 0 saturated heterocycles. The van der Waals surface area contributed by atoms with Crippen LogP contribution in [0, 0.1) is 13.8 Å². The Morgan fingerprint density at radius 2 is 2.05 bits per heavy atom. The Labute approximate surface area is 130 Å². The van der Waals surface area contributed by atoms with Crippen LogP contribution in [-0.2, 0) is 4.74 Å². The van der Waals surface area contributed by atoms with E-state index in [1.165, 1.54) is 4.68 Å². The predicted molar refractivity (Wildman–Crippen MR) is 86.0 cm³/mol. The van der Waals surface area contributed by atoms with Crippen LogP contribution in [0.3, 0.4) is 0 Å². The van der Waals surface area contributed by atoms with Crippen LogP contribution >= 0.6 is 0 Å². The van der Waals surface area contributed by atoms with Gasteiger partial charge in [0.2, 0.25) is 0 Å². The maximum Gasteiger partial charge on any atom is 0.272 e. The Balaban J connectivity index is 2.53. The van der Waals surface area contributed by atoms with E-state index in [1.807, 2.05) is 13.8 Å². The van der Waals surface area contributed by atoms with Gasteiger partial charge in [-0.25, -0.2) is 4.68 Å². The van der Waals surface area contributed by atoms with Crippen LogP contribution in [0.2, 0.25) is 0 Å². The van der Waals surface area contributed by atoms with Crippen molar-refractivity contribution in [3.8, 4) is 16.9 Å². The molecule has 0 aliphatic rings. The molecule has 0 aliphatic heterocycles. The highest BCUT2D eigenvalue weighted by Gasteiger charge is 2.16. The quantitative estimate of drug-likeness (QED) is 0.921. The molecular formula is C17H22N2O3. The molecule has 2 aromatic rings. The number of rotatable bonds is 5. The fourth-order valence-electron chi connectivity index (χ4n) is 2.57. The van der Waals surface area contributed by atoms with Gasteiger partial charge < -0.3 is 9.84 Å². The van der Waals surface area contributed by atoms with Crippen molar-refractivity contribution >= 4 is 0 Å². The normalized spacial score (nSPS) is 12.4. The van der Waals surface area contributed by atoms with Gasteiger partial charge in [0, 0.05) is 18.2 Å². The Hall–Kier alpha value is -2.14. The number of aromatic hydroxyl groups is 1. The Morgan fingerprint density at radius 3 is 2.64 bits per heavy atom. The number of benzene rings is 1. The van der Waals surface area contributed by atoms with Crippen molar-refractivity contribution in [1.29, 1.82) is 0 Å². The summed E-state index contributed by atoms with van der Waals surface area (Å²) in [5.74, 6) is 0.211. The Morgan fingerprint density at radius 1 is 1.32 bits per heavy atom. The molecule has 0 radical (unpaired) electrons. The number of nitrogens with zero attached hydrogens (tertiary/aromatic N) is 2. The summed E-state index contributed by atoms with van der Waals surface area (Å²) in [4.78, 5) is 12.6. The first-order valence-corrected chi connectivity index (χ1v) is 7.40. The molecule has 1 unspecified atom stereocenters. The first-order valence-electron chi connectivity index (χ1n) is 7.40. The van der Waals surface area contributed by atoms with Crippen LogP contribution in [0.25, 0.3) is 11.1 Å². The zero-order valence-electron chi connectivity index (χ0n) is 13.5. The lowest BCUT2D eigenvalue weighted by Gasteiger charge is -2.18. The minimum absolute atomic E-state index is 0.148. The third-order valence-corrected chi connectivity index (χ3v) is 3.82. The second-order valence-electron chi connectivity index (χ2n) is 5.41. The van der Waals surface area contributed by atoms with E-state index in [0.717, 1.165) is 29.5 Å². The lowest BCUT2D eigenvalue weighted by atomic mass is 9.99. The SMILES string of the molecule is CCCC(OC)n1ncc(-c2ccc(O)cc2C)c(C)c1=O. The Bertz CT molecular complexity index is 722. The number of phenols is 1. The molecule has 1 aromatic heterocycles. The standard InChI is InChI=1S/C17H22N2O3/c1-5-6-16(22-4)19-17(21)12(3)15(10-18-19)14-8-7-13(20)9-11(14)2/h7-10,16,20H,5-6H2,1-4H3. The number of hydrogen-bond donors (Lipinski definition) is 1. The van der Waals surface area contributed by atoms with E-state index in [1.54, 1.807) is 38.4 Å². The predicted octanol–water partition coefficient (Wildman–Crippen LogP) is 3.18. The average Bonchev–Trinajstić information content (AvgIpc) is 2.49. The molecule has 2 rings (SSSR count). The Kier molecular flexibility index (Phi) is 4.98. The number of phenolic OH excluding ortho intramolecular Hbond substituents is 1. The summed E-state index contributed by atoms with van der Waals surface area (Å²) in [5.41, 5.74) is 3.06. The van der Waals surface area contributed by atoms with Crippen LogP contribution in [0.15, 0.2) is 29.2 Å². The molecule has 0 bridgehead atoms. The molecule has 0 aliphatic carbocycles. The first kappa shape index (κ1) is 16.2. The molecule has 5 heteroatoms. The summed E-state index contributed by atoms with van der Waals surface area (Å²) in [6.45, 7) is 5.73. The van der Waals surface area contributed by atoms with Crippen molar-refractivity contribution in [2.75, 3.05) is 7.11 Å². The second kappa shape index (κ2) is 6.75. The number of aromatic nitrogens is 2. The van der Waals surface area contributed by atoms with Crippen molar-refractivity contribution in [2.45, 2.75) is 39.8 Å². The number of ether oxygens (including phenoxy) is 1. The molecule has 0 saturated carbocycles. The van der Waals surface area contributed by atoms with Crippen LogP contribution in [0.5, 0.6) is 5.75 Å². The van der Waals surface area contributed by atoms with Crippen molar-refractivity contribution in [3.63, 3.8) is 0 Å². The maximum atomic E-state index is 12.6. The van der Waals surface area contributed by atoms with E-state index >= 15 is 0 Å². The summed E-state index contributed by atoms with van der Waals surface area (Å²) >= 11 is 0. The van der Waals surface area contributed by atoms with Crippen molar-refractivity contribution < 1.29 is 9.84 Å². The molecule has 0 spiro atoms. The molecule has 118 valence electrons. The van der Waals surface area contributed by atoms with Gasteiger partial charge in [-0.3, -0.25) is 4.79 Å². The smallest absolute Gasteiger partial charge is 0.272 e. The molecule has 1 heterocycles. The molecule has 0 fully saturated rings. The van der Waals surface area contributed by atoms with E-state index in [-0.39, 0.29) is 17.5 Å². The highest BCUT2D eigenvalue weighted by atomic mass is 16.5. The van der Waals surface area contributed by atoms with Gasteiger partial charge in [-0.2, -0.15) is 5.10 Å². The average molecular weight is 302 g/mol. The largest absolute Gasteiger partial charge is 0.508 e. The minimum atomic E-state index is -0.342. The van der Waals surface area contributed by atoms with E-state index in [9.17, 15) is 9.90 Å². The van der Waals surface area contributed by atoms with Crippen LogP contribution < -0.4 is 5.56 Å². The van der Waals surface area contributed by atoms with Crippen molar-refractivity contribution in [2.24, 2.45) is 0 Å². The van der Waals surface area contributed by atoms with E-state index in [2.05, 4.69) is 5.10 Å². The van der Waals surface area contributed by atoms with Gasteiger partial charge in [-0.15, -0.1) is 0 Å². The molecule has 22 heavy (non-hydrogen) atoms. The summed E-state index contributed by atoms with van der Waals surface area (Å²) in [6, 6.07) is 5.09. The van der Waals surface area contributed by atoms with Gasteiger partial charge in [0.1, 0.15) is 5.75 Å². The molecule has 1 atom stereocenters. The third kappa shape index (κ3) is 3.04. The fourth-order valence-corrected chi connectivity index (χ4v) is 2.57. The van der Waals surface area contributed by atoms with E-state index in [4.69, 9.17) is 4.74 Å². The summed E-state index contributed by atoms with van der Waals surface area (Å²) < 4.78 is 6.77. The highest BCUT2D eigenvalue weighted by molar-refractivity contribution is 5.69. The molecule has 1 aromatic carbocycles. The van der Waals surface area contributed by atoms with E-state index < -0.39 is 0 Å². The second-order valence-corrected chi connectivity index (χ2v) is 5.41. The number of methoxy groups -OCH3 is 1. The lowest BCUT2D eigenvalue weighted by molar-refractivity contribution is 0.0222. The topological polar surface area (TPSA) is 64.3 Å². The van der Waals surface area contributed by atoms with Gasteiger partial charge in [0.05, 0.1) is 6.20 Å². The van der Waals surface area contributed by atoms with Crippen molar-refractivity contribution in [1.82, 2.24) is 9.78 Å². The zero-order valence-corrected chi connectivity index (χ0v) is 13.5. The number of hydrogen-bond acceptors (Lipinski definition) is 4. The van der Waals surface area contributed by atoms with Gasteiger partial charge in [0.25, 0.3) is 5.56 Å². The first-order chi connectivity index (χ1) is 10.5. The van der Waals surface area contributed by atoms with Gasteiger partial charge in [-0.1, -0.05) is 19.4 Å².